The molecule has 3 aliphatic rings. The van der Waals surface area contributed by atoms with Crippen molar-refractivity contribution in [2.45, 2.75) is 57.2 Å². The molecule has 11 heteroatoms. The number of fused-ring (bicyclic) bond motifs is 4. The molecule has 3 aromatic rings. The Morgan fingerprint density at radius 3 is 2.60 bits per heavy atom. The Labute approximate surface area is 253 Å². The number of hydrogen-bond acceptors (Lipinski definition) is 6. The van der Waals surface area contributed by atoms with Crippen LogP contribution in [0.25, 0.3) is 22.2 Å². The molecule has 0 spiro atoms. The maximum absolute atomic E-state index is 15.8. The third-order valence-electron chi connectivity index (χ3n) is 9.34. The van der Waals surface area contributed by atoms with Gasteiger partial charge in [-0.3, -0.25) is 4.79 Å². The fourth-order valence-electron chi connectivity index (χ4n) is 6.87. The number of amides is 1. The molecule has 3 atom stereocenters. The average Bonchev–Trinajstić information content (AvgIpc) is 3.28. The lowest BCUT2D eigenvalue weighted by Gasteiger charge is -2.30. The van der Waals surface area contributed by atoms with Crippen LogP contribution in [0.15, 0.2) is 36.4 Å². The van der Waals surface area contributed by atoms with Gasteiger partial charge >= 0.3 is 10.2 Å². The van der Waals surface area contributed by atoms with Crippen LogP contribution >= 0.6 is 0 Å². The van der Waals surface area contributed by atoms with Crippen molar-refractivity contribution in [2.24, 2.45) is 5.92 Å². The van der Waals surface area contributed by atoms with Crippen LogP contribution in [-0.4, -0.2) is 81.7 Å². The molecule has 9 nitrogen and oxygen atoms in total. The maximum atomic E-state index is 15.8. The second kappa shape index (κ2) is 12.1. The molecule has 1 fully saturated rings. The predicted molar refractivity (Wildman–Crippen MR) is 165 cm³/mol. The number of halogens is 1. The quantitative estimate of drug-likeness (QED) is 0.440. The lowest BCUT2D eigenvalue weighted by atomic mass is 9.80. The van der Waals surface area contributed by atoms with E-state index in [1.54, 1.807) is 19.2 Å². The van der Waals surface area contributed by atoms with Crippen molar-refractivity contribution < 1.29 is 27.1 Å². The fourth-order valence-corrected chi connectivity index (χ4v) is 7.75. The minimum Gasteiger partial charge on any atom is -0.497 e. The first-order chi connectivity index (χ1) is 20.7. The number of methoxy groups -OCH3 is 1. The molecule has 3 heterocycles. The van der Waals surface area contributed by atoms with Gasteiger partial charge in [-0.1, -0.05) is 18.9 Å². The second-order valence-corrected chi connectivity index (χ2v) is 14.0. The highest BCUT2D eigenvalue weighted by Gasteiger charge is 2.35. The van der Waals surface area contributed by atoms with Gasteiger partial charge in [-0.25, -0.2) is 9.11 Å². The number of rotatable bonds is 2. The van der Waals surface area contributed by atoms with E-state index in [0.29, 0.717) is 50.6 Å². The Balaban J connectivity index is 1.59. The minimum atomic E-state index is -4.02. The number of hydrogen-bond donors (Lipinski definition) is 1. The van der Waals surface area contributed by atoms with Gasteiger partial charge in [0.25, 0.3) is 5.91 Å². The number of ether oxygens (including phenoxy) is 2. The Morgan fingerprint density at radius 1 is 1.00 bits per heavy atom. The van der Waals surface area contributed by atoms with Crippen LogP contribution < -0.4 is 14.2 Å². The van der Waals surface area contributed by atoms with Crippen molar-refractivity contribution in [3.8, 4) is 22.8 Å². The normalized spacial score (nSPS) is 25.5. The van der Waals surface area contributed by atoms with Gasteiger partial charge in [0.15, 0.2) is 0 Å². The molecule has 0 saturated heterocycles. The molecule has 1 amide bonds. The topological polar surface area (TPSA) is 93.1 Å². The molecule has 2 aromatic carbocycles. The first-order valence-corrected chi connectivity index (χ1v) is 16.7. The van der Waals surface area contributed by atoms with Gasteiger partial charge in [-0.2, -0.15) is 12.7 Å². The van der Waals surface area contributed by atoms with Crippen molar-refractivity contribution in [3.63, 3.8) is 0 Å². The van der Waals surface area contributed by atoms with Gasteiger partial charge in [0.05, 0.1) is 19.4 Å². The lowest BCUT2D eigenvalue weighted by Crippen LogP contribution is -2.42. The highest BCUT2D eigenvalue weighted by Crippen LogP contribution is 2.48. The first kappa shape index (κ1) is 29.9. The van der Waals surface area contributed by atoms with Crippen molar-refractivity contribution in [1.29, 1.82) is 0 Å². The molecule has 43 heavy (non-hydrogen) atoms. The summed E-state index contributed by atoms with van der Waals surface area (Å²) in [7, 11) is 1.12. The van der Waals surface area contributed by atoms with Gasteiger partial charge in [-0.05, 0) is 75.6 Å². The monoisotopic (exact) mass is 612 g/mol. The zero-order valence-corrected chi connectivity index (χ0v) is 26.0. The molecular weight excluding hydrogens is 571 g/mol. The molecule has 0 radical (unpaired) electrons. The molecule has 4 bridgehead atoms. The largest absolute Gasteiger partial charge is 0.497 e. The molecule has 6 rings (SSSR count). The van der Waals surface area contributed by atoms with Gasteiger partial charge in [0, 0.05) is 60.1 Å². The molecule has 2 aliphatic heterocycles. The Hall–Kier alpha value is -3.15. The van der Waals surface area contributed by atoms with E-state index in [2.05, 4.69) is 14.2 Å². The zero-order valence-electron chi connectivity index (χ0n) is 25.1. The lowest BCUT2D eigenvalue weighted by molar-refractivity contribution is 0.0979. The Kier molecular flexibility index (Phi) is 8.41. The second-order valence-electron chi connectivity index (χ2n) is 12.3. The summed E-state index contributed by atoms with van der Waals surface area (Å²) in [5.74, 6) is 0.530. The van der Waals surface area contributed by atoms with Gasteiger partial charge in [0.1, 0.15) is 17.7 Å². The van der Waals surface area contributed by atoms with E-state index in [0.717, 1.165) is 60.0 Å². The van der Waals surface area contributed by atoms with Gasteiger partial charge in [0.2, 0.25) is 0 Å². The molecule has 1 aliphatic carbocycles. The van der Waals surface area contributed by atoms with Crippen molar-refractivity contribution in [3.05, 3.63) is 47.5 Å². The summed E-state index contributed by atoms with van der Waals surface area (Å²) in [5.41, 5.74) is 3.76. The van der Waals surface area contributed by atoms with Crippen LogP contribution in [-0.2, 0) is 16.8 Å². The van der Waals surface area contributed by atoms with Gasteiger partial charge < -0.3 is 18.9 Å². The number of nitrogens with one attached hydrogen (secondary N) is 1. The SMILES string of the molecule is COc1ccc2c(c1)OC[C@@H]1CCN(C)CCCN(C)S(=O)(=O)NC(=O)c3ccc4c([C@H]5CCCC[C@@H]5F)c-2n(c4c3)C1. The number of carbonyl (C=O) groups excluding carboxylic acids is 1. The standard InChI is InChI=1S/C32H41FN4O5S/c1-35-14-6-15-36(2)43(39,40)34-32(38)22-9-11-25-28(17-22)37-19-21(13-16-35)20-42-29-18-23(41-3)10-12-26(29)31(37)30(25)24-7-4-5-8-27(24)33/h9-12,17-18,21,24,27H,4-8,13-16,19-20H2,1-3H3,(H,34,38)/t21-,24+,27+/m1/s1. The smallest absolute Gasteiger partial charge is 0.303 e. The average molecular weight is 613 g/mol. The first-order valence-electron chi connectivity index (χ1n) is 15.2. The van der Waals surface area contributed by atoms with Crippen LogP contribution in [0.5, 0.6) is 11.5 Å². The van der Waals surface area contributed by atoms with Crippen LogP contribution in [0.4, 0.5) is 4.39 Å². The molecule has 1 saturated carbocycles. The number of alkyl halides is 1. The Morgan fingerprint density at radius 2 is 1.81 bits per heavy atom. The zero-order chi connectivity index (χ0) is 30.3. The van der Waals surface area contributed by atoms with Crippen molar-refractivity contribution in [1.82, 2.24) is 18.5 Å². The summed E-state index contributed by atoms with van der Waals surface area (Å²) in [6.07, 6.45) is 3.57. The number of carbonyl (C=O) groups is 1. The Bertz CT molecular complexity index is 1620. The van der Waals surface area contributed by atoms with E-state index in [4.69, 9.17) is 9.47 Å². The van der Waals surface area contributed by atoms with Crippen molar-refractivity contribution in [2.75, 3.05) is 47.4 Å². The van der Waals surface area contributed by atoms with Crippen LogP contribution in [0.2, 0.25) is 0 Å². The van der Waals surface area contributed by atoms with E-state index < -0.39 is 22.3 Å². The molecule has 1 aromatic heterocycles. The summed E-state index contributed by atoms with van der Waals surface area (Å²) < 4.78 is 59.5. The van der Waals surface area contributed by atoms with E-state index >= 15 is 4.39 Å². The number of aromatic nitrogens is 1. The van der Waals surface area contributed by atoms with Crippen LogP contribution in [0.3, 0.4) is 0 Å². The van der Waals surface area contributed by atoms with E-state index in [-0.39, 0.29) is 17.4 Å². The summed E-state index contributed by atoms with van der Waals surface area (Å²) in [5, 5.41) is 0.890. The van der Waals surface area contributed by atoms with E-state index in [9.17, 15) is 13.2 Å². The summed E-state index contributed by atoms with van der Waals surface area (Å²) >= 11 is 0. The summed E-state index contributed by atoms with van der Waals surface area (Å²) in [6, 6.07) is 11.1. The van der Waals surface area contributed by atoms with Crippen molar-refractivity contribution >= 4 is 27.0 Å². The summed E-state index contributed by atoms with van der Waals surface area (Å²) in [6.45, 7) is 2.94. The molecule has 232 valence electrons. The maximum Gasteiger partial charge on any atom is 0.303 e. The summed E-state index contributed by atoms with van der Waals surface area (Å²) in [4.78, 5) is 15.6. The number of nitrogens with zero attached hydrogens (tertiary/aromatic N) is 3. The van der Waals surface area contributed by atoms with E-state index in [1.165, 1.54) is 11.4 Å². The van der Waals surface area contributed by atoms with E-state index in [1.807, 2.05) is 31.3 Å². The molecule has 0 unspecified atom stereocenters. The molecule has 1 N–H and O–H groups in total. The predicted octanol–water partition coefficient (Wildman–Crippen LogP) is 4.95. The van der Waals surface area contributed by atoms with Crippen LogP contribution in [0.1, 0.15) is 60.4 Å². The molecular formula is C32H41FN4O5S. The minimum absolute atomic E-state index is 0.143. The highest BCUT2D eigenvalue weighted by molar-refractivity contribution is 7.87. The number of benzene rings is 2. The highest BCUT2D eigenvalue weighted by atomic mass is 32.2. The third kappa shape index (κ3) is 5.86. The fraction of sp³-hybridized carbons (Fsp3) is 0.531. The van der Waals surface area contributed by atoms with Gasteiger partial charge in [-0.15, -0.1) is 0 Å². The third-order valence-corrected chi connectivity index (χ3v) is 10.8. The van der Waals surface area contributed by atoms with Crippen LogP contribution in [0, 0.1) is 5.92 Å².